The summed E-state index contributed by atoms with van der Waals surface area (Å²) in [7, 11) is 0. The van der Waals surface area contributed by atoms with Crippen molar-refractivity contribution in [2.24, 2.45) is 0 Å². The molecule has 2 aromatic rings. The van der Waals surface area contributed by atoms with Gasteiger partial charge in [-0.3, -0.25) is 0 Å². The van der Waals surface area contributed by atoms with E-state index in [1.165, 1.54) is 4.88 Å². The van der Waals surface area contributed by atoms with Gasteiger partial charge in [0.25, 0.3) is 0 Å². The Morgan fingerprint density at radius 1 is 1.26 bits per heavy atom. The zero-order valence-corrected chi connectivity index (χ0v) is 13.2. The number of rotatable bonds is 5. The summed E-state index contributed by atoms with van der Waals surface area (Å²) in [5, 5.41) is 3.84. The second kappa shape index (κ2) is 6.55. The van der Waals surface area contributed by atoms with E-state index >= 15 is 0 Å². The summed E-state index contributed by atoms with van der Waals surface area (Å²) in [5.41, 5.74) is 0.892. The number of nitrogens with zero attached hydrogens (tertiary/aromatic N) is 2. The molecule has 0 aromatic carbocycles. The third kappa shape index (κ3) is 3.81. The molecule has 0 aliphatic rings. The maximum Gasteiger partial charge on any atom is 0.137 e. The van der Waals surface area contributed by atoms with E-state index in [0.717, 1.165) is 40.9 Å². The predicted octanol–water partition coefficient (Wildman–Crippen LogP) is 4.37. The molecule has 0 aliphatic carbocycles. The molecule has 0 amide bonds. The van der Waals surface area contributed by atoms with Crippen LogP contribution in [0.25, 0.3) is 0 Å². The number of anilines is 1. The molecule has 0 aliphatic heterocycles. The van der Waals surface area contributed by atoms with Crippen LogP contribution in [0.2, 0.25) is 9.49 Å². The van der Waals surface area contributed by atoms with E-state index in [-0.39, 0.29) is 0 Å². The second-order valence-corrected chi connectivity index (χ2v) is 6.30. The molecule has 2 rings (SSSR count). The van der Waals surface area contributed by atoms with Crippen molar-refractivity contribution in [3.05, 3.63) is 37.9 Å². The molecule has 1 N–H and O–H groups in total. The first-order valence-corrected chi connectivity index (χ1v) is 7.68. The number of aryl methyl sites for hydroxylation is 1. The molecule has 0 saturated heterocycles. The number of hydrogen-bond acceptors (Lipinski definition) is 4. The normalized spacial score (nSPS) is 10.7. The SMILES string of the molecule is CCc1nc(Cl)c(C)c(NCCc2ccc(Cl)s2)n1. The van der Waals surface area contributed by atoms with E-state index < -0.39 is 0 Å². The van der Waals surface area contributed by atoms with Crippen molar-refractivity contribution in [3.8, 4) is 0 Å². The Morgan fingerprint density at radius 2 is 2.05 bits per heavy atom. The van der Waals surface area contributed by atoms with Gasteiger partial charge in [-0.25, -0.2) is 9.97 Å². The molecule has 0 saturated carbocycles. The first kappa shape index (κ1) is 14.6. The first-order chi connectivity index (χ1) is 9.10. The van der Waals surface area contributed by atoms with Gasteiger partial charge in [-0.05, 0) is 25.5 Å². The molecule has 0 spiro atoms. The fourth-order valence-electron chi connectivity index (χ4n) is 1.65. The van der Waals surface area contributed by atoms with Gasteiger partial charge in [0.2, 0.25) is 0 Å². The minimum absolute atomic E-state index is 0.522. The van der Waals surface area contributed by atoms with Gasteiger partial charge in [0.15, 0.2) is 0 Å². The summed E-state index contributed by atoms with van der Waals surface area (Å²) in [6, 6.07) is 3.97. The average Bonchev–Trinajstić information content (AvgIpc) is 2.80. The highest BCUT2D eigenvalue weighted by Gasteiger charge is 2.08. The van der Waals surface area contributed by atoms with Crippen molar-refractivity contribution < 1.29 is 0 Å². The van der Waals surface area contributed by atoms with Crippen molar-refractivity contribution in [1.29, 1.82) is 0 Å². The van der Waals surface area contributed by atoms with E-state index in [4.69, 9.17) is 23.2 Å². The molecule has 2 heterocycles. The van der Waals surface area contributed by atoms with Crippen LogP contribution in [0.4, 0.5) is 5.82 Å². The van der Waals surface area contributed by atoms with Gasteiger partial charge in [0.1, 0.15) is 16.8 Å². The largest absolute Gasteiger partial charge is 0.369 e. The van der Waals surface area contributed by atoms with Gasteiger partial charge in [-0.15, -0.1) is 11.3 Å². The molecule has 19 heavy (non-hydrogen) atoms. The topological polar surface area (TPSA) is 37.8 Å². The minimum atomic E-state index is 0.522. The van der Waals surface area contributed by atoms with Crippen LogP contribution < -0.4 is 5.32 Å². The maximum absolute atomic E-state index is 6.09. The van der Waals surface area contributed by atoms with Gasteiger partial charge in [0, 0.05) is 23.4 Å². The van der Waals surface area contributed by atoms with Crippen molar-refractivity contribution in [1.82, 2.24) is 9.97 Å². The molecule has 102 valence electrons. The van der Waals surface area contributed by atoms with Crippen LogP contribution >= 0.6 is 34.5 Å². The quantitative estimate of drug-likeness (QED) is 0.832. The van der Waals surface area contributed by atoms with Crippen LogP contribution in [0, 0.1) is 6.92 Å². The van der Waals surface area contributed by atoms with Crippen molar-refractivity contribution in [2.45, 2.75) is 26.7 Å². The molecular weight excluding hydrogens is 301 g/mol. The number of thiophene rings is 1. The maximum atomic E-state index is 6.09. The third-order valence-electron chi connectivity index (χ3n) is 2.74. The van der Waals surface area contributed by atoms with Crippen LogP contribution in [0.1, 0.15) is 23.2 Å². The zero-order chi connectivity index (χ0) is 13.8. The van der Waals surface area contributed by atoms with Gasteiger partial charge in [0.05, 0.1) is 4.34 Å². The Hall–Kier alpha value is -0.840. The molecule has 6 heteroatoms. The standard InChI is InChI=1S/C13H15Cl2N3S/c1-3-11-17-12(15)8(2)13(18-11)16-7-6-9-4-5-10(14)19-9/h4-5H,3,6-7H2,1-2H3,(H,16,17,18). The van der Waals surface area contributed by atoms with E-state index in [9.17, 15) is 0 Å². The van der Waals surface area contributed by atoms with E-state index in [2.05, 4.69) is 15.3 Å². The molecule has 0 radical (unpaired) electrons. The fourth-order valence-corrected chi connectivity index (χ4v) is 2.93. The second-order valence-electron chi connectivity index (χ2n) is 4.14. The number of aromatic nitrogens is 2. The summed E-state index contributed by atoms with van der Waals surface area (Å²) < 4.78 is 0.824. The number of nitrogens with one attached hydrogen (secondary N) is 1. The summed E-state index contributed by atoms with van der Waals surface area (Å²) in [4.78, 5) is 9.93. The summed E-state index contributed by atoms with van der Waals surface area (Å²) in [5.74, 6) is 1.58. The Balaban J connectivity index is 2.01. The first-order valence-electron chi connectivity index (χ1n) is 6.11. The lowest BCUT2D eigenvalue weighted by molar-refractivity contribution is 0.918. The minimum Gasteiger partial charge on any atom is -0.369 e. The van der Waals surface area contributed by atoms with Gasteiger partial charge in [-0.2, -0.15) is 0 Å². The van der Waals surface area contributed by atoms with Gasteiger partial charge in [-0.1, -0.05) is 30.1 Å². The average molecular weight is 316 g/mol. The van der Waals surface area contributed by atoms with Gasteiger partial charge >= 0.3 is 0 Å². The molecule has 0 bridgehead atoms. The summed E-state index contributed by atoms with van der Waals surface area (Å²) >= 11 is 13.6. The molecule has 2 aromatic heterocycles. The third-order valence-corrected chi connectivity index (χ3v) is 4.40. The number of hydrogen-bond donors (Lipinski definition) is 1. The summed E-state index contributed by atoms with van der Waals surface area (Å²) in [6.07, 6.45) is 1.69. The lowest BCUT2D eigenvalue weighted by Gasteiger charge is -2.10. The Bertz CT molecular complexity index is 569. The highest BCUT2D eigenvalue weighted by atomic mass is 35.5. The number of halogens is 2. The highest BCUT2D eigenvalue weighted by molar-refractivity contribution is 7.16. The van der Waals surface area contributed by atoms with E-state index in [0.29, 0.717) is 5.15 Å². The summed E-state index contributed by atoms with van der Waals surface area (Å²) in [6.45, 7) is 4.73. The van der Waals surface area contributed by atoms with E-state index in [1.807, 2.05) is 26.0 Å². The van der Waals surface area contributed by atoms with Crippen LogP contribution in [-0.2, 0) is 12.8 Å². The molecule has 0 fully saturated rings. The van der Waals surface area contributed by atoms with Crippen LogP contribution in [0.3, 0.4) is 0 Å². The predicted molar refractivity (Wildman–Crippen MR) is 82.7 cm³/mol. The lowest BCUT2D eigenvalue weighted by atomic mass is 10.3. The fraction of sp³-hybridized carbons (Fsp3) is 0.385. The van der Waals surface area contributed by atoms with E-state index in [1.54, 1.807) is 11.3 Å². The van der Waals surface area contributed by atoms with Crippen LogP contribution in [-0.4, -0.2) is 16.5 Å². The van der Waals surface area contributed by atoms with Crippen molar-refractivity contribution in [2.75, 3.05) is 11.9 Å². The molecule has 3 nitrogen and oxygen atoms in total. The Labute approximate surface area is 127 Å². The molecule has 0 unspecified atom stereocenters. The monoisotopic (exact) mass is 315 g/mol. The molecule has 0 atom stereocenters. The smallest absolute Gasteiger partial charge is 0.137 e. The van der Waals surface area contributed by atoms with Gasteiger partial charge < -0.3 is 5.32 Å². The van der Waals surface area contributed by atoms with Crippen molar-refractivity contribution in [3.63, 3.8) is 0 Å². The van der Waals surface area contributed by atoms with Crippen LogP contribution in [0.5, 0.6) is 0 Å². The lowest BCUT2D eigenvalue weighted by Crippen LogP contribution is -2.09. The van der Waals surface area contributed by atoms with Crippen LogP contribution in [0.15, 0.2) is 12.1 Å². The Kier molecular flexibility index (Phi) is 5.02. The highest BCUT2D eigenvalue weighted by Crippen LogP contribution is 2.23. The van der Waals surface area contributed by atoms with Crippen molar-refractivity contribution >= 4 is 40.4 Å². The molecular formula is C13H15Cl2N3S. The zero-order valence-electron chi connectivity index (χ0n) is 10.8. The Morgan fingerprint density at radius 3 is 2.68 bits per heavy atom.